The second kappa shape index (κ2) is 4.43. The van der Waals surface area contributed by atoms with Gasteiger partial charge in [0.2, 0.25) is 10.0 Å². The molecular weight excluding hydrogens is 319 g/mol. The van der Waals surface area contributed by atoms with Gasteiger partial charge in [0, 0.05) is 0 Å². The fourth-order valence-corrected chi connectivity index (χ4v) is 4.87. The molecule has 0 saturated heterocycles. The van der Waals surface area contributed by atoms with Gasteiger partial charge in [0.15, 0.2) is 0 Å². The lowest BCUT2D eigenvalue weighted by atomic mass is 10.3. The van der Waals surface area contributed by atoms with Crippen molar-refractivity contribution in [1.29, 1.82) is 0 Å². The van der Waals surface area contributed by atoms with E-state index < -0.39 is 37.5 Å². The molecule has 1 saturated carbocycles. The van der Waals surface area contributed by atoms with Crippen LogP contribution in [0.5, 0.6) is 0 Å². The van der Waals surface area contributed by atoms with Crippen LogP contribution in [0.2, 0.25) is 0 Å². The molecule has 112 valence electrons. The number of rotatable bonds is 4. The lowest BCUT2D eigenvalue weighted by molar-refractivity contribution is -0.160. The van der Waals surface area contributed by atoms with Gasteiger partial charge in [0.05, 0.1) is 0 Å². The van der Waals surface area contributed by atoms with E-state index >= 15 is 0 Å². The Morgan fingerprint density at radius 2 is 2.00 bits per heavy atom. The molecule has 0 unspecified atom stereocenters. The fourth-order valence-electron chi connectivity index (χ4n) is 1.79. The number of carboxylic acid groups (broad SMARTS) is 1. The van der Waals surface area contributed by atoms with Gasteiger partial charge in [-0.05, 0) is 30.7 Å². The molecule has 2 rings (SSSR count). The molecule has 1 heterocycles. The zero-order valence-electron chi connectivity index (χ0n) is 10.1. The molecule has 1 aromatic rings. The second-order valence-corrected chi connectivity index (χ2v) is 7.07. The number of sulfonamides is 1. The van der Waals surface area contributed by atoms with E-state index in [1.807, 2.05) is 0 Å². The second-order valence-electron chi connectivity index (χ2n) is 4.57. The third-order valence-corrected chi connectivity index (χ3v) is 5.94. The SMILES string of the molecule is Cc1csc(C(=O)O)c1S(=O)(=O)NC1(C(F)(F)F)CC1. The molecule has 0 amide bonds. The Hall–Kier alpha value is -1.13. The van der Waals surface area contributed by atoms with E-state index in [1.165, 1.54) is 12.3 Å². The van der Waals surface area contributed by atoms with Gasteiger partial charge < -0.3 is 5.11 Å². The van der Waals surface area contributed by atoms with Gasteiger partial charge in [-0.15, -0.1) is 11.3 Å². The lowest BCUT2D eigenvalue weighted by Crippen LogP contribution is -2.48. The van der Waals surface area contributed by atoms with Crippen molar-refractivity contribution in [3.63, 3.8) is 0 Å². The number of thiophene rings is 1. The number of hydrogen-bond donors (Lipinski definition) is 2. The minimum Gasteiger partial charge on any atom is -0.477 e. The van der Waals surface area contributed by atoms with Crippen LogP contribution in [-0.2, 0) is 10.0 Å². The average Bonchev–Trinajstić information content (AvgIpc) is 2.91. The number of aryl methyl sites for hydroxylation is 1. The predicted octanol–water partition coefficient (Wildman–Crippen LogP) is 2.13. The first-order valence-electron chi connectivity index (χ1n) is 5.42. The van der Waals surface area contributed by atoms with E-state index in [0.717, 1.165) is 0 Å². The number of nitrogens with one attached hydrogen (secondary N) is 1. The lowest BCUT2D eigenvalue weighted by Gasteiger charge is -2.20. The molecule has 0 aromatic carbocycles. The van der Waals surface area contributed by atoms with Crippen molar-refractivity contribution in [1.82, 2.24) is 4.72 Å². The Kier molecular flexibility index (Phi) is 3.38. The van der Waals surface area contributed by atoms with Crippen LogP contribution in [0.4, 0.5) is 13.2 Å². The van der Waals surface area contributed by atoms with Crippen LogP contribution in [0, 0.1) is 6.92 Å². The summed E-state index contributed by atoms with van der Waals surface area (Å²) in [6.07, 6.45) is -5.39. The highest BCUT2D eigenvalue weighted by molar-refractivity contribution is 7.89. The van der Waals surface area contributed by atoms with Gasteiger partial charge in [-0.3, -0.25) is 0 Å². The van der Waals surface area contributed by atoms with Crippen LogP contribution in [0.3, 0.4) is 0 Å². The molecule has 2 N–H and O–H groups in total. The average molecular weight is 329 g/mol. The molecular formula is C10H10F3NO4S2. The molecule has 0 bridgehead atoms. The highest BCUT2D eigenvalue weighted by atomic mass is 32.2. The maximum absolute atomic E-state index is 12.8. The van der Waals surface area contributed by atoms with Crippen molar-refractivity contribution in [3.8, 4) is 0 Å². The number of halogens is 3. The molecule has 0 aliphatic heterocycles. The van der Waals surface area contributed by atoms with Crippen LogP contribution in [-0.4, -0.2) is 31.2 Å². The van der Waals surface area contributed by atoms with E-state index in [0.29, 0.717) is 11.3 Å². The van der Waals surface area contributed by atoms with Crippen molar-refractivity contribution < 1.29 is 31.5 Å². The minimum absolute atomic E-state index is 0.109. The Labute approximate surface area is 116 Å². The van der Waals surface area contributed by atoms with Crippen molar-refractivity contribution in [2.75, 3.05) is 0 Å². The summed E-state index contributed by atoms with van der Waals surface area (Å²) in [7, 11) is -4.54. The van der Waals surface area contributed by atoms with E-state index in [1.54, 1.807) is 4.72 Å². The smallest absolute Gasteiger partial charge is 0.407 e. The molecule has 20 heavy (non-hydrogen) atoms. The molecule has 10 heteroatoms. The molecule has 0 atom stereocenters. The van der Waals surface area contributed by atoms with Crippen LogP contribution in [0.15, 0.2) is 10.3 Å². The molecule has 1 aromatic heterocycles. The number of carbonyl (C=O) groups is 1. The van der Waals surface area contributed by atoms with Crippen molar-refractivity contribution in [3.05, 3.63) is 15.8 Å². The summed E-state index contributed by atoms with van der Waals surface area (Å²) in [4.78, 5) is 9.87. The number of aromatic carboxylic acids is 1. The third-order valence-electron chi connectivity index (χ3n) is 3.00. The van der Waals surface area contributed by atoms with Gasteiger partial charge in [-0.25, -0.2) is 13.2 Å². The zero-order chi connectivity index (χ0) is 15.3. The molecule has 1 aliphatic rings. The van der Waals surface area contributed by atoms with Gasteiger partial charge in [0.1, 0.15) is 15.3 Å². The highest BCUT2D eigenvalue weighted by Gasteiger charge is 2.65. The first kappa shape index (κ1) is 15.3. The van der Waals surface area contributed by atoms with Crippen LogP contribution >= 0.6 is 11.3 Å². The Morgan fingerprint density at radius 3 is 2.40 bits per heavy atom. The van der Waals surface area contributed by atoms with Crippen LogP contribution < -0.4 is 4.72 Å². The van der Waals surface area contributed by atoms with Crippen LogP contribution in [0.25, 0.3) is 0 Å². The Balaban J connectivity index is 2.43. The van der Waals surface area contributed by atoms with E-state index in [4.69, 9.17) is 5.11 Å². The fraction of sp³-hybridized carbons (Fsp3) is 0.500. The summed E-state index contributed by atoms with van der Waals surface area (Å²) in [5, 5.41) is 10.2. The standard InChI is InChI=1S/C10H10F3NO4S2/c1-5-4-19-6(8(15)16)7(5)20(17,18)14-9(2-3-9)10(11,12)13/h4,14H,2-3H2,1H3,(H,15,16). The van der Waals surface area contributed by atoms with E-state index in [2.05, 4.69) is 0 Å². The molecule has 1 fully saturated rings. The maximum Gasteiger partial charge on any atom is 0.407 e. The molecule has 1 aliphatic carbocycles. The highest BCUT2D eigenvalue weighted by Crippen LogP contribution is 2.50. The van der Waals surface area contributed by atoms with Crippen LogP contribution in [0.1, 0.15) is 28.1 Å². The normalized spacial score (nSPS) is 18.0. The van der Waals surface area contributed by atoms with Crippen molar-refractivity contribution in [2.24, 2.45) is 0 Å². The number of hydrogen-bond acceptors (Lipinski definition) is 4. The van der Waals surface area contributed by atoms with Crippen molar-refractivity contribution >= 4 is 27.3 Å². The summed E-state index contributed by atoms with van der Waals surface area (Å²) in [6, 6.07) is 0. The van der Waals surface area contributed by atoms with E-state index in [9.17, 15) is 26.4 Å². The summed E-state index contributed by atoms with van der Waals surface area (Å²) >= 11 is 0.665. The number of alkyl halides is 3. The summed E-state index contributed by atoms with van der Waals surface area (Å²) in [5.74, 6) is -1.49. The first-order valence-corrected chi connectivity index (χ1v) is 7.78. The summed E-state index contributed by atoms with van der Waals surface area (Å²) in [6.45, 7) is 1.34. The quantitative estimate of drug-likeness (QED) is 0.886. The monoisotopic (exact) mass is 329 g/mol. The topological polar surface area (TPSA) is 83.5 Å². The zero-order valence-corrected chi connectivity index (χ0v) is 11.7. The number of carboxylic acids is 1. The van der Waals surface area contributed by atoms with Crippen molar-refractivity contribution in [2.45, 2.75) is 36.4 Å². The molecule has 5 nitrogen and oxygen atoms in total. The third kappa shape index (κ3) is 2.42. The predicted molar refractivity (Wildman–Crippen MR) is 64.4 cm³/mol. The maximum atomic E-state index is 12.8. The van der Waals surface area contributed by atoms with Gasteiger partial charge in [-0.2, -0.15) is 17.9 Å². The van der Waals surface area contributed by atoms with Gasteiger partial charge in [0.25, 0.3) is 0 Å². The largest absolute Gasteiger partial charge is 0.477 e. The summed E-state index contributed by atoms with van der Waals surface area (Å²) in [5.41, 5.74) is -2.35. The van der Waals surface area contributed by atoms with Gasteiger partial charge >= 0.3 is 12.1 Å². The Morgan fingerprint density at radius 1 is 1.45 bits per heavy atom. The first-order chi connectivity index (χ1) is 9.00. The minimum atomic E-state index is -4.70. The molecule has 0 radical (unpaired) electrons. The van der Waals surface area contributed by atoms with Gasteiger partial charge in [-0.1, -0.05) is 0 Å². The summed E-state index contributed by atoms with van der Waals surface area (Å²) < 4.78 is 64.1. The molecule has 0 spiro atoms. The van der Waals surface area contributed by atoms with E-state index in [-0.39, 0.29) is 18.4 Å². The Bertz CT molecular complexity index is 659.